The number of hydrogen-bond donors (Lipinski definition) is 0. The van der Waals surface area contributed by atoms with Crippen molar-refractivity contribution in [2.45, 2.75) is 12.8 Å². The molecule has 3 aliphatic rings. The highest BCUT2D eigenvalue weighted by Gasteiger charge is 2.52. The standard InChI is InChI=1S/C19H24FNO4/c20-16-3-5-17(6-4-16)25-10-18(22)21-7-15-9-24-13-19(15,11-21)12-23-8-14-1-2-14/h3-6,14-15H,1-2,7-13H2/t15-,19-/m1/s1. The van der Waals surface area contributed by atoms with Crippen LogP contribution in [-0.2, 0) is 14.3 Å². The van der Waals surface area contributed by atoms with Crippen LogP contribution in [0.3, 0.4) is 0 Å². The van der Waals surface area contributed by atoms with Crippen molar-refractivity contribution in [2.24, 2.45) is 17.3 Å². The number of likely N-dealkylation sites (tertiary alicyclic amines) is 1. The molecular weight excluding hydrogens is 325 g/mol. The molecule has 1 aromatic rings. The molecule has 0 unspecified atom stereocenters. The van der Waals surface area contributed by atoms with Gasteiger partial charge in [0.15, 0.2) is 6.61 Å². The van der Waals surface area contributed by atoms with Gasteiger partial charge in [-0.15, -0.1) is 0 Å². The van der Waals surface area contributed by atoms with E-state index in [2.05, 4.69) is 0 Å². The van der Waals surface area contributed by atoms with Gasteiger partial charge in [0.05, 0.1) is 19.8 Å². The molecule has 2 atom stereocenters. The molecule has 1 saturated carbocycles. The van der Waals surface area contributed by atoms with E-state index in [1.54, 1.807) is 0 Å². The predicted octanol–water partition coefficient (Wildman–Crippen LogP) is 2.11. The lowest BCUT2D eigenvalue weighted by molar-refractivity contribution is -0.133. The number of rotatable bonds is 7. The molecule has 5 nitrogen and oxygen atoms in total. The van der Waals surface area contributed by atoms with E-state index < -0.39 is 0 Å². The summed E-state index contributed by atoms with van der Waals surface area (Å²) in [6.07, 6.45) is 2.55. The molecule has 1 aliphatic carbocycles. The Hall–Kier alpha value is -1.66. The molecule has 0 N–H and O–H groups in total. The Morgan fingerprint density at radius 3 is 2.88 bits per heavy atom. The smallest absolute Gasteiger partial charge is 0.260 e. The van der Waals surface area contributed by atoms with Gasteiger partial charge < -0.3 is 19.1 Å². The van der Waals surface area contributed by atoms with Crippen molar-refractivity contribution in [1.82, 2.24) is 4.90 Å². The summed E-state index contributed by atoms with van der Waals surface area (Å²) in [5, 5.41) is 0. The molecule has 0 aromatic heterocycles. The largest absolute Gasteiger partial charge is 0.484 e. The van der Waals surface area contributed by atoms with Gasteiger partial charge in [0.25, 0.3) is 5.91 Å². The molecule has 0 radical (unpaired) electrons. The lowest BCUT2D eigenvalue weighted by Crippen LogP contribution is -2.39. The summed E-state index contributed by atoms with van der Waals surface area (Å²) < 4.78 is 30.0. The summed E-state index contributed by atoms with van der Waals surface area (Å²) in [5.74, 6) is 1.21. The minimum atomic E-state index is -0.320. The van der Waals surface area contributed by atoms with E-state index in [9.17, 15) is 9.18 Å². The zero-order valence-electron chi connectivity index (χ0n) is 14.3. The molecule has 0 spiro atoms. The van der Waals surface area contributed by atoms with Crippen molar-refractivity contribution >= 4 is 5.91 Å². The quantitative estimate of drug-likeness (QED) is 0.756. The van der Waals surface area contributed by atoms with E-state index in [1.807, 2.05) is 4.90 Å². The van der Waals surface area contributed by atoms with Crippen molar-refractivity contribution in [3.8, 4) is 5.75 Å². The maximum atomic E-state index is 12.9. The van der Waals surface area contributed by atoms with Gasteiger partial charge >= 0.3 is 0 Å². The predicted molar refractivity (Wildman–Crippen MR) is 88.8 cm³/mol. The third-order valence-electron chi connectivity index (χ3n) is 5.49. The first kappa shape index (κ1) is 16.8. The second-order valence-electron chi connectivity index (χ2n) is 7.55. The molecule has 3 fully saturated rings. The fourth-order valence-electron chi connectivity index (χ4n) is 3.71. The molecule has 1 aromatic carbocycles. The minimum absolute atomic E-state index is 0.0295. The molecule has 1 amide bonds. The molecule has 4 rings (SSSR count). The Kier molecular flexibility index (Phi) is 4.65. The van der Waals surface area contributed by atoms with E-state index in [4.69, 9.17) is 14.2 Å². The van der Waals surface area contributed by atoms with Gasteiger partial charge in [-0.3, -0.25) is 4.79 Å². The molecule has 25 heavy (non-hydrogen) atoms. The molecule has 136 valence electrons. The third kappa shape index (κ3) is 3.80. The number of benzene rings is 1. The van der Waals surface area contributed by atoms with Crippen molar-refractivity contribution in [3.05, 3.63) is 30.1 Å². The number of carbonyl (C=O) groups is 1. The van der Waals surface area contributed by atoms with E-state index in [1.165, 1.54) is 37.1 Å². The fraction of sp³-hybridized carbons (Fsp3) is 0.632. The van der Waals surface area contributed by atoms with Crippen LogP contribution in [0.1, 0.15) is 12.8 Å². The summed E-state index contributed by atoms with van der Waals surface area (Å²) in [6, 6.07) is 5.71. The van der Waals surface area contributed by atoms with Crippen LogP contribution in [0.25, 0.3) is 0 Å². The summed E-state index contributed by atoms with van der Waals surface area (Å²) in [5.41, 5.74) is -0.0690. The van der Waals surface area contributed by atoms with E-state index in [-0.39, 0.29) is 23.7 Å². The Morgan fingerprint density at radius 1 is 1.32 bits per heavy atom. The number of hydrogen-bond acceptors (Lipinski definition) is 4. The number of ether oxygens (including phenoxy) is 3. The Morgan fingerprint density at radius 2 is 2.12 bits per heavy atom. The first-order valence-corrected chi connectivity index (χ1v) is 8.96. The summed E-state index contributed by atoms with van der Waals surface area (Å²) in [4.78, 5) is 14.4. The highest BCUT2D eigenvalue weighted by Crippen LogP contribution is 2.42. The molecular formula is C19H24FNO4. The van der Waals surface area contributed by atoms with Gasteiger partial charge in [0.2, 0.25) is 0 Å². The highest BCUT2D eigenvalue weighted by molar-refractivity contribution is 5.78. The molecule has 6 heteroatoms. The highest BCUT2D eigenvalue weighted by atomic mass is 19.1. The van der Waals surface area contributed by atoms with Gasteiger partial charge in [0, 0.05) is 31.0 Å². The summed E-state index contributed by atoms with van der Waals surface area (Å²) in [7, 11) is 0. The zero-order valence-corrected chi connectivity index (χ0v) is 14.3. The zero-order chi connectivity index (χ0) is 17.3. The fourth-order valence-corrected chi connectivity index (χ4v) is 3.71. The molecule has 0 bridgehead atoms. The van der Waals surface area contributed by atoms with E-state index in [0.717, 1.165) is 12.5 Å². The van der Waals surface area contributed by atoms with Crippen LogP contribution in [0.15, 0.2) is 24.3 Å². The van der Waals surface area contributed by atoms with Crippen LogP contribution in [0, 0.1) is 23.1 Å². The number of nitrogens with zero attached hydrogens (tertiary/aromatic N) is 1. The average molecular weight is 349 g/mol. The van der Waals surface area contributed by atoms with Gasteiger partial charge in [-0.1, -0.05) is 0 Å². The second kappa shape index (κ2) is 6.92. The lowest BCUT2D eigenvalue weighted by Gasteiger charge is -2.27. The van der Waals surface area contributed by atoms with E-state index >= 15 is 0 Å². The van der Waals surface area contributed by atoms with Crippen LogP contribution in [0.2, 0.25) is 0 Å². The summed E-state index contributed by atoms with van der Waals surface area (Å²) >= 11 is 0. The maximum Gasteiger partial charge on any atom is 0.260 e. The second-order valence-corrected chi connectivity index (χ2v) is 7.55. The van der Waals surface area contributed by atoms with Crippen molar-refractivity contribution < 1.29 is 23.4 Å². The maximum absolute atomic E-state index is 12.9. The average Bonchev–Trinajstić information content (AvgIpc) is 3.23. The SMILES string of the molecule is O=C(COc1ccc(F)cc1)N1C[C@@H]2COC[C@]2(COCC2CC2)C1. The van der Waals surface area contributed by atoms with Crippen LogP contribution in [-0.4, -0.2) is 56.9 Å². The van der Waals surface area contributed by atoms with Gasteiger partial charge in [-0.05, 0) is 43.0 Å². The van der Waals surface area contributed by atoms with Gasteiger partial charge in [0.1, 0.15) is 11.6 Å². The van der Waals surface area contributed by atoms with Crippen molar-refractivity contribution in [2.75, 3.05) is 46.1 Å². The number of fused-ring (bicyclic) bond motifs is 1. The molecule has 2 heterocycles. The van der Waals surface area contributed by atoms with Crippen LogP contribution in [0.4, 0.5) is 4.39 Å². The van der Waals surface area contributed by atoms with E-state index in [0.29, 0.717) is 44.6 Å². The normalized spacial score (nSPS) is 28.2. The minimum Gasteiger partial charge on any atom is -0.484 e. The van der Waals surface area contributed by atoms with Gasteiger partial charge in [-0.2, -0.15) is 0 Å². The molecule has 2 saturated heterocycles. The monoisotopic (exact) mass is 349 g/mol. The number of amides is 1. The Bertz CT molecular complexity index is 618. The summed E-state index contributed by atoms with van der Waals surface area (Å²) in [6.45, 7) is 4.16. The van der Waals surface area contributed by atoms with Gasteiger partial charge in [-0.25, -0.2) is 4.39 Å². The number of halogens is 1. The first-order chi connectivity index (χ1) is 12.1. The third-order valence-corrected chi connectivity index (χ3v) is 5.49. The Balaban J connectivity index is 1.30. The van der Waals surface area contributed by atoms with Crippen LogP contribution in [0.5, 0.6) is 5.75 Å². The molecule has 2 aliphatic heterocycles. The topological polar surface area (TPSA) is 48.0 Å². The van der Waals surface area contributed by atoms with Crippen molar-refractivity contribution in [3.63, 3.8) is 0 Å². The number of carbonyl (C=O) groups excluding carboxylic acids is 1. The van der Waals surface area contributed by atoms with Crippen molar-refractivity contribution in [1.29, 1.82) is 0 Å². The van der Waals surface area contributed by atoms with Crippen LogP contribution < -0.4 is 4.74 Å². The van der Waals surface area contributed by atoms with Crippen LogP contribution >= 0.6 is 0 Å². The first-order valence-electron chi connectivity index (χ1n) is 8.96. The lowest BCUT2D eigenvalue weighted by atomic mass is 9.82. The Labute approximate surface area is 147 Å².